The zero-order chi connectivity index (χ0) is 11.9. The molecule has 1 saturated heterocycles. The van der Waals surface area contributed by atoms with Crippen molar-refractivity contribution in [2.75, 3.05) is 11.4 Å². The van der Waals surface area contributed by atoms with E-state index in [0.29, 0.717) is 12.0 Å². The summed E-state index contributed by atoms with van der Waals surface area (Å²) in [5.41, 5.74) is 1.56. The summed E-state index contributed by atoms with van der Waals surface area (Å²) in [4.78, 5) is 13.4. The maximum absolute atomic E-state index is 11.1. The van der Waals surface area contributed by atoms with Gasteiger partial charge >= 0.3 is 0 Å². The predicted octanol–water partition coefficient (Wildman–Crippen LogP) is 1.78. The lowest BCUT2D eigenvalue weighted by atomic mass is 10.1. The number of aromatic nitrogens is 2. The number of aldehydes is 1. The smallest absolute Gasteiger partial charge is 0.155 e. The molecule has 0 spiro atoms. The topological polar surface area (TPSA) is 38.1 Å². The molecular weight excluding hydrogens is 202 g/mol. The van der Waals surface area contributed by atoms with Crippen LogP contribution in [0.25, 0.3) is 0 Å². The van der Waals surface area contributed by atoms with E-state index >= 15 is 0 Å². The van der Waals surface area contributed by atoms with Gasteiger partial charge < -0.3 is 4.90 Å². The second kappa shape index (κ2) is 3.92. The SMILES string of the molecule is Cc1nn(C)c(N2CC(C)CC2C)c1C=O. The largest absolute Gasteiger partial charge is 0.353 e. The normalized spacial score (nSPS) is 25.1. The number of hydrogen-bond donors (Lipinski definition) is 0. The monoisotopic (exact) mass is 221 g/mol. The van der Waals surface area contributed by atoms with Gasteiger partial charge in [0.2, 0.25) is 0 Å². The standard InChI is InChI=1S/C12H19N3O/c1-8-5-9(2)15(6-8)12-11(7-16)10(3)13-14(12)4/h7-9H,5-6H2,1-4H3. The summed E-state index contributed by atoms with van der Waals surface area (Å²) in [5.74, 6) is 1.66. The van der Waals surface area contributed by atoms with Crippen molar-refractivity contribution in [3.8, 4) is 0 Å². The molecule has 0 amide bonds. The van der Waals surface area contributed by atoms with E-state index in [0.717, 1.165) is 29.9 Å². The van der Waals surface area contributed by atoms with Gasteiger partial charge in [0.15, 0.2) is 6.29 Å². The average Bonchev–Trinajstić information content (AvgIpc) is 2.66. The number of anilines is 1. The summed E-state index contributed by atoms with van der Waals surface area (Å²) < 4.78 is 1.83. The summed E-state index contributed by atoms with van der Waals surface area (Å²) in [6.45, 7) is 7.36. The van der Waals surface area contributed by atoms with E-state index in [1.165, 1.54) is 6.42 Å². The molecule has 4 nitrogen and oxygen atoms in total. The first-order chi connectivity index (χ1) is 7.54. The highest BCUT2D eigenvalue weighted by Gasteiger charge is 2.30. The van der Waals surface area contributed by atoms with Crippen LogP contribution in [0.3, 0.4) is 0 Å². The van der Waals surface area contributed by atoms with Crippen LogP contribution >= 0.6 is 0 Å². The Kier molecular flexibility index (Phi) is 2.74. The first-order valence-corrected chi connectivity index (χ1v) is 5.80. The van der Waals surface area contributed by atoms with E-state index < -0.39 is 0 Å². The highest BCUT2D eigenvalue weighted by Crippen LogP contribution is 2.31. The van der Waals surface area contributed by atoms with Gasteiger partial charge in [-0.05, 0) is 26.2 Å². The fourth-order valence-corrected chi connectivity index (χ4v) is 2.74. The number of hydrogen-bond acceptors (Lipinski definition) is 3. The minimum atomic E-state index is 0.489. The molecule has 0 saturated carbocycles. The highest BCUT2D eigenvalue weighted by atomic mass is 16.1. The number of carbonyl (C=O) groups is 1. The van der Waals surface area contributed by atoms with Crippen molar-refractivity contribution >= 4 is 12.1 Å². The Morgan fingerprint density at radius 3 is 2.62 bits per heavy atom. The Labute approximate surface area is 96.2 Å². The van der Waals surface area contributed by atoms with Crippen molar-refractivity contribution in [2.24, 2.45) is 13.0 Å². The van der Waals surface area contributed by atoms with Crippen LogP contribution in [0.4, 0.5) is 5.82 Å². The molecule has 1 aromatic rings. The number of aryl methyl sites for hydroxylation is 2. The first-order valence-electron chi connectivity index (χ1n) is 5.80. The van der Waals surface area contributed by atoms with Crippen molar-refractivity contribution in [3.05, 3.63) is 11.3 Å². The minimum absolute atomic E-state index is 0.489. The molecule has 0 N–H and O–H groups in total. The van der Waals surface area contributed by atoms with Crippen LogP contribution in [0.2, 0.25) is 0 Å². The van der Waals surface area contributed by atoms with Crippen LogP contribution in [0.15, 0.2) is 0 Å². The molecule has 2 atom stereocenters. The van der Waals surface area contributed by atoms with Crippen molar-refractivity contribution in [1.82, 2.24) is 9.78 Å². The van der Waals surface area contributed by atoms with E-state index in [1.54, 1.807) is 0 Å². The molecule has 16 heavy (non-hydrogen) atoms. The molecule has 2 rings (SSSR count). The lowest BCUT2D eigenvalue weighted by Crippen LogP contribution is -2.29. The third-order valence-electron chi connectivity index (χ3n) is 3.41. The molecule has 4 heteroatoms. The van der Waals surface area contributed by atoms with Crippen LogP contribution in [0.5, 0.6) is 0 Å². The van der Waals surface area contributed by atoms with Crippen LogP contribution in [0.1, 0.15) is 36.3 Å². The molecule has 0 aliphatic carbocycles. The molecule has 0 radical (unpaired) electrons. The molecule has 2 heterocycles. The van der Waals surface area contributed by atoms with Crippen LogP contribution in [-0.4, -0.2) is 28.7 Å². The third-order valence-corrected chi connectivity index (χ3v) is 3.41. The van der Waals surface area contributed by atoms with E-state index in [4.69, 9.17) is 0 Å². The maximum atomic E-state index is 11.1. The zero-order valence-electron chi connectivity index (χ0n) is 10.4. The summed E-state index contributed by atoms with van der Waals surface area (Å²) in [6.07, 6.45) is 2.11. The molecule has 0 aromatic carbocycles. The third kappa shape index (κ3) is 1.62. The lowest BCUT2D eigenvalue weighted by molar-refractivity contribution is 0.112. The van der Waals surface area contributed by atoms with Crippen LogP contribution in [-0.2, 0) is 7.05 Å². The van der Waals surface area contributed by atoms with Gasteiger partial charge in [-0.2, -0.15) is 5.10 Å². The van der Waals surface area contributed by atoms with Gasteiger partial charge in [0.25, 0.3) is 0 Å². The summed E-state index contributed by atoms with van der Waals surface area (Å²) in [5, 5.41) is 4.33. The Hall–Kier alpha value is -1.32. The quantitative estimate of drug-likeness (QED) is 0.714. The van der Waals surface area contributed by atoms with Crippen molar-refractivity contribution in [3.63, 3.8) is 0 Å². The number of rotatable bonds is 2. The maximum Gasteiger partial charge on any atom is 0.155 e. The lowest BCUT2D eigenvalue weighted by Gasteiger charge is -2.24. The molecule has 2 unspecified atom stereocenters. The van der Waals surface area contributed by atoms with Gasteiger partial charge in [0.1, 0.15) is 5.82 Å². The predicted molar refractivity (Wildman–Crippen MR) is 63.9 cm³/mol. The molecule has 88 valence electrons. The van der Waals surface area contributed by atoms with E-state index in [1.807, 2.05) is 18.7 Å². The molecule has 1 aliphatic heterocycles. The summed E-state index contributed by atoms with van der Waals surface area (Å²) in [7, 11) is 1.91. The Bertz CT molecular complexity index is 411. The van der Waals surface area contributed by atoms with Gasteiger partial charge in [-0.25, -0.2) is 0 Å². The van der Waals surface area contributed by atoms with Crippen molar-refractivity contribution < 1.29 is 4.79 Å². The van der Waals surface area contributed by atoms with Gasteiger partial charge in [-0.1, -0.05) is 6.92 Å². The van der Waals surface area contributed by atoms with E-state index in [-0.39, 0.29) is 0 Å². The number of carbonyl (C=O) groups excluding carboxylic acids is 1. The van der Waals surface area contributed by atoms with Gasteiger partial charge in [0.05, 0.1) is 11.3 Å². The van der Waals surface area contributed by atoms with Gasteiger partial charge in [0, 0.05) is 19.6 Å². The second-order valence-electron chi connectivity index (χ2n) is 4.91. The fourth-order valence-electron chi connectivity index (χ4n) is 2.74. The molecule has 1 fully saturated rings. The minimum Gasteiger partial charge on any atom is -0.353 e. The molecule has 1 aromatic heterocycles. The van der Waals surface area contributed by atoms with Crippen LogP contribution < -0.4 is 4.90 Å². The second-order valence-corrected chi connectivity index (χ2v) is 4.91. The summed E-state index contributed by atoms with van der Waals surface area (Å²) in [6, 6.07) is 0.489. The van der Waals surface area contributed by atoms with Crippen LogP contribution in [0, 0.1) is 12.8 Å². The van der Waals surface area contributed by atoms with Crippen molar-refractivity contribution in [1.29, 1.82) is 0 Å². The van der Waals surface area contributed by atoms with Crippen molar-refractivity contribution in [2.45, 2.75) is 33.2 Å². The van der Waals surface area contributed by atoms with Gasteiger partial charge in [-0.3, -0.25) is 9.48 Å². The highest BCUT2D eigenvalue weighted by molar-refractivity contribution is 5.85. The number of nitrogens with zero attached hydrogens (tertiary/aromatic N) is 3. The zero-order valence-corrected chi connectivity index (χ0v) is 10.4. The Balaban J connectivity index is 2.43. The molecule has 0 bridgehead atoms. The molecule has 1 aliphatic rings. The van der Waals surface area contributed by atoms with Gasteiger partial charge in [-0.15, -0.1) is 0 Å². The Morgan fingerprint density at radius 2 is 2.12 bits per heavy atom. The van der Waals surface area contributed by atoms with E-state index in [9.17, 15) is 4.79 Å². The fraction of sp³-hybridized carbons (Fsp3) is 0.667. The molecular formula is C12H19N3O. The van der Waals surface area contributed by atoms with E-state index in [2.05, 4.69) is 23.8 Å². The average molecular weight is 221 g/mol. The Morgan fingerprint density at radius 1 is 1.44 bits per heavy atom. The summed E-state index contributed by atoms with van der Waals surface area (Å²) >= 11 is 0. The first kappa shape index (κ1) is 11.2.